The van der Waals surface area contributed by atoms with Crippen molar-refractivity contribution in [1.82, 2.24) is 24.8 Å². The van der Waals surface area contributed by atoms with Crippen LogP contribution < -0.4 is 9.64 Å². The Morgan fingerprint density at radius 2 is 2.05 bits per heavy atom. The third-order valence-corrected chi connectivity index (χ3v) is 7.28. The van der Waals surface area contributed by atoms with Crippen LogP contribution >= 0.6 is 0 Å². The second-order valence-electron chi connectivity index (χ2n) is 9.70. The van der Waals surface area contributed by atoms with Gasteiger partial charge >= 0.3 is 12.1 Å². The highest BCUT2D eigenvalue weighted by Gasteiger charge is 2.33. The number of halogens is 2. The molecule has 1 aromatic carbocycles. The summed E-state index contributed by atoms with van der Waals surface area (Å²) in [5.41, 5.74) is -0.714. The number of pyridine rings is 1. The Morgan fingerprint density at radius 1 is 1.23 bits per heavy atom. The van der Waals surface area contributed by atoms with Gasteiger partial charge in [-0.05, 0) is 44.6 Å². The Balaban J connectivity index is 1.59. The number of aromatic hydroxyl groups is 1. The number of likely N-dealkylation sites (N-methyl/N-ethyl adjacent to an activating group) is 1. The van der Waals surface area contributed by atoms with Gasteiger partial charge in [-0.25, -0.2) is 13.6 Å². The number of phenolic OH excluding ortho intramolecular Hbond substituents is 1. The first-order valence-corrected chi connectivity index (χ1v) is 12.6. The molecule has 13 heteroatoms. The lowest BCUT2D eigenvalue weighted by atomic mass is 10.1. The maximum Gasteiger partial charge on any atom is 0.407 e. The van der Waals surface area contributed by atoms with E-state index >= 15 is 4.39 Å². The van der Waals surface area contributed by atoms with E-state index in [4.69, 9.17) is 4.74 Å². The molecule has 1 amide bonds. The monoisotopic (exact) mass is 539 g/mol. The first kappa shape index (κ1) is 26.3. The number of carboxylic acid groups (broad SMARTS) is 1. The van der Waals surface area contributed by atoms with E-state index in [9.17, 15) is 24.7 Å². The van der Waals surface area contributed by atoms with E-state index < -0.39 is 23.8 Å². The fraction of sp³-hybridized carbons (Fsp3) is 0.423. The number of phenols is 1. The summed E-state index contributed by atoms with van der Waals surface area (Å²) < 4.78 is 36.4. The van der Waals surface area contributed by atoms with Crippen LogP contribution in [0.3, 0.4) is 0 Å². The fourth-order valence-electron chi connectivity index (χ4n) is 5.15. The fourth-order valence-corrected chi connectivity index (χ4v) is 5.15. The lowest BCUT2D eigenvalue weighted by Gasteiger charge is -2.39. The average Bonchev–Trinajstić information content (AvgIpc) is 3.33. The molecule has 204 valence electrons. The van der Waals surface area contributed by atoms with Gasteiger partial charge in [0.15, 0.2) is 5.82 Å². The number of fused-ring (bicyclic) bond motifs is 1. The molecule has 2 atom stereocenters. The normalized spacial score (nSPS) is 19.8. The lowest BCUT2D eigenvalue weighted by Crippen LogP contribution is -2.55. The molecule has 0 bridgehead atoms. The third kappa shape index (κ3) is 5.20. The van der Waals surface area contributed by atoms with Crippen LogP contribution in [-0.2, 0) is 0 Å². The summed E-state index contributed by atoms with van der Waals surface area (Å²) in [6.07, 6.45) is 2.13. The van der Waals surface area contributed by atoms with Gasteiger partial charge in [0, 0.05) is 37.4 Å². The quantitative estimate of drug-likeness (QED) is 0.480. The number of amides is 1. The maximum atomic E-state index is 15.9. The zero-order chi connectivity index (χ0) is 27.7. The minimum atomic E-state index is -1.13. The number of rotatable bonds is 6. The average molecular weight is 540 g/mol. The van der Waals surface area contributed by atoms with Crippen molar-refractivity contribution in [1.29, 1.82) is 5.26 Å². The lowest BCUT2D eigenvalue weighted by molar-refractivity contribution is 0.119. The van der Waals surface area contributed by atoms with Crippen molar-refractivity contribution in [2.24, 2.45) is 0 Å². The Hall–Kier alpha value is -4.31. The summed E-state index contributed by atoms with van der Waals surface area (Å²) in [4.78, 5) is 29.8. The van der Waals surface area contributed by atoms with Gasteiger partial charge in [-0.1, -0.05) is 0 Å². The third-order valence-electron chi connectivity index (χ3n) is 7.28. The predicted molar refractivity (Wildman–Crippen MR) is 136 cm³/mol. The molecule has 2 fully saturated rings. The van der Waals surface area contributed by atoms with Crippen LogP contribution in [-0.4, -0.2) is 93.0 Å². The van der Waals surface area contributed by atoms with Crippen LogP contribution in [0.1, 0.15) is 19.3 Å². The van der Waals surface area contributed by atoms with Crippen molar-refractivity contribution in [3.63, 3.8) is 0 Å². The van der Waals surface area contributed by atoms with Crippen LogP contribution in [0.5, 0.6) is 11.8 Å². The van der Waals surface area contributed by atoms with Crippen molar-refractivity contribution < 1.29 is 28.5 Å². The van der Waals surface area contributed by atoms with E-state index in [-0.39, 0.29) is 78.4 Å². The largest absolute Gasteiger partial charge is 0.508 e. The molecule has 2 aliphatic heterocycles. The van der Waals surface area contributed by atoms with Crippen LogP contribution in [0.4, 0.5) is 19.4 Å². The highest BCUT2D eigenvalue weighted by atomic mass is 19.1. The maximum absolute atomic E-state index is 15.9. The van der Waals surface area contributed by atoms with Gasteiger partial charge in [-0.2, -0.15) is 15.2 Å². The number of hydrogen-bond acceptors (Lipinski definition) is 9. The highest BCUT2D eigenvalue weighted by molar-refractivity contribution is 5.92. The van der Waals surface area contributed by atoms with Crippen LogP contribution in [0, 0.1) is 23.0 Å². The van der Waals surface area contributed by atoms with Crippen molar-refractivity contribution >= 4 is 22.8 Å². The Morgan fingerprint density at radius 3 is 2.77 bits per heavy atom. The number of benzene rings is 1. The summed E-state index contributed by atoms with van der Waals surface area (Å²) in [6.45, 7) is 1.70. The Bertz CT molecular complexity index is 1450. The number of ether oxygens (including phenoxy) is 1. The molecule has 2 saturated heterocycles. The molecular formula is C26H27F2N7O4. The molecule has 3 aromatic rings. The van der Waals surface area contributed by atoms with E-state index in [1.807, 2.05) is 13.1 Å². The number of carbonyl (C=O) groups is 1. The van der Waals surface area contributed by atoms with Crippen LogP contribution in [0.2, 0.25) is 0 Å². The SMILES string of the molecule is CN1CCCC1COc1nc(N2CCN(C(=O)O)C(CC#N)C2)c2cnc(-c3cc(O)ccc3F)c(F)c2n1. The molecule has 39 heavy (non-hydrogen) atoms. The van der Waals surface area contributed by atoms with Gasteiger partial charge in [0.2, 0.25) is 0 Å². The molecule has 5 rings (SSSR count). The number of piperazine rings is 1. The topological polar surface area (TPSA) is 139 Å². The molecule has 0 radical (unpaired) electrons. The number of nitriles is 1. The van der Waals surface area contributed by atoms with Gasteiger partial charge in [0.05, 0.1) is 23.9 Å². The molecule has 2 unspecified atom stereocenters. The number of nitrogens with zero attached hydrogens (tertiary/aromatic N) is 7. The Labute approximate surface area is 222 Å². The molecule has 2 aliphatic rings. The zero-order valence-corrected chi connectivity index (χ0v) is 21.2. The number of likely N-dealkylation sites (tertiary alicyclic amines) is 1. The second-order valence-corrected chi connectivity index (χ2v) is 9.70. The van der Waals surface area contributed by atoms with Gasteiger partial charge in [0.25, 0.3) is 0 Å². The molecule has 11 nitrogen and oxygen atoms in total. The van der Waals surface area contributed by atoms with Gasteiger partial charge in [-0.15, -0.1) is 0 Å². The summed E-state index contributed by atoms with van der Waals surface area (Å²) >= 11 is 0. The van der Waals surface area contributed by atoms with E-state index in [1.165, 1.54) is 11.1 Å². The molecule has 0 aliphatic carbocycles. The number of aromatic nitrogens is 3. The number of hydrogen-bond donors (Lipinski definition) is 2. The second kappa shape index (κ2) is 10.8. The molecule has 2 aromatic heterocycles. The van der Waals surface area contributed by atoms with Crippen molar-refractivity contribution in [2.75, 3.05) is 44.7 Å². The predicted octanol–water partition coefficient (Wildman–Crippen LogP) is 3.23. The highest BCUT2D eigenvalue weighted by Crippen LogP contribution is 2.35. The van der Waals surface area contributed by atoms with Crippen molar-refractivity contribution in [3.8, 4) is 29.1 Å². The van der Waals surface area contributed by atoms with E-state index in [2.05, 4.69) is 19.9 Å². The number of anilines is 1. The van der Waals surface area contributed by atoms with E-state index in [0.29, 0.717) is 0 Å². The van der Waals surface area contributed by atoms with Gasteiger partial charge in [-0.3, -0.25) is 4.98 Å². The van der Waals surface area contributed by atoms with E-state index in [1.54, 1.807) is 4.90 Å². The van der Waals surface area contributed by atoms with Crippen molar-refractivity contribution in [3.05, 3.63) is 36.0 Å². The Kier molecular flexibility index (Phi) is 7.30. The molecule has 4 heterocycles. The smallest absolute Gasteiger partial charge is 0.407 e. The first-order valence-electron chi connectivity index (χ1n) is 12.6. The van der Waals surface area contributed by atoms with Crippen molar-refractivity contribution in [2.45, 2.75) is 31.3 Å². The summed E-state index contributed by atoms with van der Waals surface area (Å²) in [6, 6.07) is 4.71. The summed E-state index contributed by atoms with van der Waals surface area (Å²) in [7, 11) is 1.99. The minimum Gasteiger partial charge on any atom is -0.508 e. The summed E-state index contributed by atoms with van der Waals surface area (Å²) in [5, 5.41) is 28.9. The first-order chi connectivity index (χ1) is 18.8. The van der Waals surface area contributed by atoms with Crippen LogP contribution in [0.25, 0.3) is 22.2 Å². The zero-order valence-electron chi connectivity index (χ0n) is 21.2. The standard InChI is InChI=1S/C26H27F2N7O4/c1-33-8-2-3-16(33)14-39-25-31-23-19(12-30-22(21(23)28)18-11-17(36)4-5-20(18)27)24(32-25)34-9-10-35(26(37)38)15(13-34)6-7-29/h4-5,11-12,15-16,36H,2-3,6,8-10,13-14H2,1H3,(H,37,38). The minimum absolute atomic E-state index is 0.0310. The van der Waals surface area contributed by atoms with Crippen LogP contribution in [0.15, 0.2) is 24.4 Å². The molecule has 2 N–H and O–H groups in total. The molecule has 0 spiro atoms. The summed E-state index contributed by atoms with van der Waals surface area (Å²) in [5.74, 6) is -1.66. The molecule has 0 saturated carbocycles. The van der Waals surface area contributed by atoms with Gasteiger partial charge in [0.1, 0.15) is 35.2 Å². The molecular weight excluding hydrogens is 512 g/mol. The van der Waals surface area contributed by atoms with Gasteiger partial charge < -0.3 is 29.6 Å². The van der Waals surface area contributed by atoms with E-state index in [0.717, 1.165) is 37.6 Å².